The van der Waals surface area contributed by atoms with Crippen molar-refractivity contribution in [2.24, 2.45) is 17.8 Å². The second-order valence-corrected chi connectivity index (χ2v) is 3.81. The lowest BCUT2D eigenvalue weighted by Gasteiger charge is -2.15. The highest BCUT2D eigenvalue weighted by atomic mass is 16.1. The maximum absolute atomic E-state index is 11.3. The number of hydrogen-bond donors (Lipinski definition) is 0. The molecule has 2 bridgehead atoms. The van der Waals surface area contributed by atoms with Gasteiger partial charge in [-0.05, 0) is 31.6 Å². The smallest absolute Gasteiger partial charge is 0.134 e. The van der Waals surface area contributed by atoms with Gasteiger partial charge in [-0.2, -0.15) is 0 Å². The number of Topliss-reactive ketones (excluding diaryl/α,β-unsaturated/α-hetero) is 1. The van der Waals surface area contributed by atoms with Crippen LogP contribution in [0.1, 0.15) is 19.8 Å². The van der Waals surface area contributed by atoms with Crippen LogP contribution in [0.15, 0.2) is 24.3 Å². The third-order valence-corrected chi connectivity index (χ3v) is 3.05. The summed E-state index contributed by atoms with van der Waals surface area (Å²) in [4.78, 5) is 11.3. The number of carbonyl (C=O) groups is 1. The zero-order valence-corrected chi connectivity index (χ0v) is 7.36. The van der Waals surface area contributed by atoms with Crippen LogP contribution in [0.3, 0.4) is 0 Å². The van der Waals surface area contributed by atoms with Crippen molar-refractivity contribution in [2.45, 2.75) is 19.8 Å². The van der Waals surface area contributed by atoms with Crippen LogP contribution in [0.5, 0.6) is 0 Å². The van der Waals surface area contributed by atoms with Gasteiger partial charge in [0.05, 0.1) is 0 Å². The number of hydrogen-bond acceptors (Lipinski definition) is 1. The minimum Gasteiger partial charge on any atom is -0.300 e. The van der Waals surface area contributed by atoms with E-state index >= 15 is 0 Å². The van der Waals surface area contributed by atoms with Crippen molar-refractivity contribution in [3.05, 3.63) is 24.3 Å². The Hall–Kier alpha value is -0.850. The van der Waals surface area contributed by atoms with Gasteiger partial charge in [0.1, 0.15) is 5.78 Å². The SMILES string of the molecule is CC(=O)C1[C@@H]2C=CC=C[C@H]1CC2. The molecule has 0 radical (unpaired) electrons. The third-order valence-electron chi connectivity index (χ3n) is 3.05. The summed E-state index contributed by atoms with van der Waals surface area (Å²) in [5.74, 6) is 1.67. The molecule has 0 spiro atoms. The maximum Gasteiger partial charge on any atom is 0.134 e. The molecule has 1 nitrogen and oxygen atoms in total. The molecule has 0 N–H and O–H groups in total. The maximum atomic E-state index is 11.3. The molecule has 1 unspecified atom stereocenters. The predicted molar refractivity (Wildman–Crippen MR) is 48.7 cm³/mol. The molecule has 0 aliphatic heterocycles. The van der Waals surface area contributed by atoms with E-state index in [1.165, 1.54) is 12.8 Å². The first-order valence-electron chi connectivity index (χ1n) is 4.64. The van der Waals surface area contributed by atoms with E-state index in [0.717, 1.165) is 0 Å². The summed E-state index contributed by atoms with van der Waals surface area (Å²) in [6.45, 7) is 1.73. The molecule has 1 fully saturated rings. The quantitative estimate of drug-likeness (QED) is 0.578. The molecular formula is C11H14O. The van der Waals surface area contributed by atoms with Gasteiger partial charge >= 0.3 is 0 Å². The summed E-state index contributed by atoms with van der Waals surface area (Å²) in [6.07, 6.45) is 10.9. The molecule has 0 aromatic heterocycles. The highest BCUT2D eigenvalue weighted by Gasteiger charge is 2.36. The molecule has 12 heavy (non-hydrogen) atoms. The first-order valence-corrected chi connectivity index (χ1v) is 4.64. The fraction of sp³-hybridized carbons (Fsp3) is 0.545. The minimum atomic E-state index is 0.278. The number of rotatable bonds is 1. The van der Waals surface area contributed by atoms with Gasteiger partial charge in [-0.25, -0.2) is 0 Å². The first-order chi connectivity index (χ1) is 5.79. The van der Waals surface area contributed by atoms with Crippen LogP contribution in [0.2, 0.25) is 0 Å². The van der Waals surface area contributed by atoms with E-state index in [-0.39, 0.29) is 5.92 Å². The van der Waals surface area contributed by atoms with E-state index in [0.29, 0.717) is 17.6 Å². The Labute approximate surface area is 73.2 Å². The van der Waals surface area contributed by atoms with E-state index in [4.69, 9.17) is 0 Å². The van der Waals surface area contributed by atoms with Gasteiger partial charge in [-0.3, -0.25) is 4.79 Å². The number of fused-ring (bicyclic) bond motifs is 2. The van der Waals surface area contributed by atoms with Crippen LogP contribution < -0.4 is 0 Å². The van der Waals surface area contributed by atoms with E-state index in [1.54, 1.807) is 6.92 Å². The number of allylic oxidation sites excluding steroid dienone is 4. The summed E-state index contributed by atoms with van der Waals surface area (Å²) >= 11 is 0. The predicted octanol–water partition coefficient (Wildman–Crippen LogP) is 2.34. The average Bonchev–Trinajstić information content (AvgIpc) is 2.24. The molecule has 2 aliphatic rings. The normalized spacial score (nSPS) is 38.2. The molecule has 0 saturated heterocycles. The Morgan fingerprint density at radius 3 is 2.08 bits per heavy atom. The van der Waals surface area contributed by atoms with Gasteiger partial charge < -0.3 is 0 Å². The molecule has 64 valence electrons. The van der Waals surface area contributed by atoms with Crippen LogP contribution in [-0.2, 0) is 4.79 Å². The molecule has 2 aliphatic carbocycles. The van der Waals surface area contributed by atoms with Crippen LogP contribution in [0, 0.1) is 17.8 Å². The van der Waals surface area contributed by atoms with Gasteiger partial charge in [0, 0.05) is 5.92 Å². The second-order valence-electron chi connectivity index (χ2n) is 3.81. The van der Waals surface area contributed by atoms with Gasteiger partial charge in [0.25, 0.3) is 0 Å². The van der Waals surface area contributed by atoms with E-state index in [2.05, 4.69) is 24.3 Å². The van der Waals surface area contributed by atoms with Crippen molar-refractivity contribution in [1.29, 1.82) is 0 Å². The van der Waals surface area contributed by atoms with Crippen molar-refractivity contribution in [3.63, 3.8) is 0 Å². The average molecular weight is 162 g/mol. The lowest BCUT2D eigenvalue weighted by atomic mass is 9.87. The van der Waals surface area contributed by atoms with Crippen LogP contribution in [0.4, 0.5) is 0 Å². The van der Waals surface area contributed by atoms with Crippen molar-refractivity contribution in [2.75, 3.05) is 0 Å². The molecule has 0 amide bonds. The van der Waals surface area contributed by atoms with Crippen LogP contribution >= 0.6 is 0 Å². The zero-order valence-electron chi connectivity index (χ0n) is 7.36. The van der Waals surface area contributed by atoms with E-state index in [9.17, 15) is 4.79 Å². The lowest BCUT2D eigenvalue weighted by molar-refractivity contribution is -0.122. The number of carbonyl (C=O) groups excluding carboxylic acids is 1. The summed E-state index contributed by atoms with van der Waals surface area (Å²) in [7, 11) is 0. The summed E-state index contributed by atoms with van der Waals surface area (Å²) < 4.78 is 0. The second kappa shape index (κ2) is 2.89. The van der Waals surface area contributed by atoms with Gasteiger partial charge in [0.2, 0.25) is 0 Å². The standard InChI is InChI=1S/C11H14O/c1-8(12)11-9-4-2-3-5-10(11)7-6-9/h2-5,9-11H,6-7H2,1H3/t9-,10+,11?. The Balaban J connectivity index is 2.29. The zero-order chi connectivity index (χ0) is 8.55. The summed E-state index contributed by atoms with van der Waals surface area (Å²) in [5, 5.41) is 0. The Bertz CT molecular complexity index is 230. The Morgan fingerprint density at radius 2 is 1.67 bits per heavy atom. The minimum absolute atomic E-state index is 0.278. The Kier molecular flexibility index (Phi) is 1.87. The molecule has 3 atom stereocenters. The fourth-order valence-corrected chi connectivity index (χ4v) is 2.51. The van der Waals surface area contributed by atoms with E-state index in [1.807, 2.05) is 0 Å². The number of ketones is 1. The van der Waals surface area contributed by atoms with Crippen LogP contribution in [-0.4, -0.2) is 5.78 Å². The van der Waals surface area contributed by atoms with Crippen molar-refractivity contribution in [1.82, 2.24) is 0 Å². The topological polar surface area (TPSA) is 17.1 Å². The molecule has 2 rings (SSSR count). The molecule has 1 saturated carbocycles. The largest absolute Gasteiger partial charge is 0.300 e. The van der Waals surface area contributed by atoms with Crippen molar-refractivity contribution in [3.8, 4) is 0 Å². The van der Waals surface area contributed by atoms with Gasteiger partial charge in [0.15, 0.2) is 0 Å². The van der Waals surface area contributed by atoms with Crippen LogP contribution in [0.25, 0.3) is 0 Å². The van der Waals surface area contributed by atoms with E-state index < -0.39 is 0 Å². The summed E-state index contributed by atoms with van der Waals surface area (Å²) in [6, 6.07) is 0. The van der Waals surface area contributed by atoms with Crippen molar-refractivity contribution >= 4 is 5.78 Å². The lowest BCUT2D eigenvalue weighted by Crippen LogP contribution is -2.19. The fourth-order valence-electron chi connectivity index (χ4n) is 2.51. The third kappa shape index (κ3) is 1.13. The molecule has 1 heteroatoms. The van der Waals surface area contributed by atoms with Crippen molar-refractivity contribution < 1.29 is 4.79 Å². The summed E-state index contributed by atoms with van der Waals surface area (Å²) in [5.41, 5.74) is 0. The van der Waals surface area contributed by atoms with Gasteiger partial charge in [-0.15, -0.1) is 0 Å². The monoisotopic (exact) mass is 162 g/mol. The van der Waals surface area contributed by atoms with Gasteiger partial charge in [-0.1, -0.05) is 24.3 Å². The highest BCUT2D eigenvalue weighted by molar-refractivity contribution is 5.80. The molecule has 0 heterocycles. The Morgan fingerprint density at radius 1 is 1.17 bits per heavy atom. The first kappa shape index (κ1) is 7.78. The molecule has 0 aromatic rings. The highest BCUT2D eigenvalue weighted by Crippen LogP contribution is 2.40. The molecular weight excluding hydrogens is 148 g/mol. The molecule has 0 aromatic carbocycles.